The molecule has 4 rings (SSSR count). The molecule has 10 heteroatoms. The first-order chi connectivity index (χ1) is 16.9. The number of benzene rings is 2. The molecule has 0 aromatic heterocycles. The number of hydrogen-bond acceptors (Lipinski definition) is 6. The van der Waals surface area contributed by atoms with Gasteiger partial charge in [-0.25, -0.2) is 9.69 Å². The SMILES string of the molecule is Cc1ccc(NC(=O)CN2C(=O)N/C(=C\c3ccc(OCC(=O)N4CCOCC4)cc3)C2=O)cc1. The molecule has 5 amide bonds. The van der Waals surface area contributed by atoms with Crippen molar-refractivity contribution in [2.45, 2.75) is 6.92 Å². The van der Waals surface area contributed by atoms with E-state index >= 15 is 0 Å². The Morgan fingerprint density at radius 1 is 1.06 bits per heavy atom. The predicted molar refractivity (Wildman–Crippen MR) is 127 cm³/mol. The fourth-order valence-electron chi connectivity index (χ4n) is 3.57. The third-order valence-corrected chi connectivity index (χ3v) is 5.52. The van der Waals surface area contributed by atoms with Gasteiger partial charge in [0.05, 0.1) is 13.2 Å². The summed E-state index contributed by atoms with van der Waals surface area (Å²) in [6.45, 7) is 3.62. The second-order valence-electron chi connectivity index (χ2n) is 8.14. The minimum atomic E-state index is -0.665. The quantitative estimate of drug-likeness (QED) is 0.463. The van der Waals surface area contributed by atoms with Crippen molar-refractivity contribution < 1.29 is 28.7 Å². The molecule has 182 valence electrons. The Morgan fingerprint density at radius 3 is 2.43 bits per heavy atom. The maximum absolute atomic E-state index is 12.7. The number of aryl methyl sites for hydroxylation is 1. The number of carbonyl (C=O) groups excluding carboxylic acids is 4. The molecule has 2 fully saturated rings. The van der Waals surface area contributed by atoms with Crippen molar-refractivity contribution in [2.75, 3.05) is 44.8 Å². The Bertz CT molecular complexity index is 1140. The van der Waals surface area contributed by atoms with E-state index < -0.39 is 24.4 Å². The van der Waals surface area contributed by atoms with Crippen LogP contribution < -0.4 is 15.4 Å². The average molecular weight is 479 g/mol. The van der Waals surface area contributed by atoms with E-state index in [0.29, 0.717) is 43.3 Å². The van der Waals surface area contributed by atoms with Gasteiger partial charge in [-0.3, -0.25) is 14.4 Å². The molecule has 2 aliphatic heterocycles. The van der Waals surface area contributed by atoms with Crippen molar-refractivity contribution >= 4 is 35.5 Å². The van der Waals surface area contributed by atoms with Crippen molar-refractivity contribution in [2.24, 2.45) is 0 Å². The molecule has 0 atom stereocenters. The van der Waals surface area contributed by atoms with Gasteiger partial charge in [0.15, 0.2) is 6.61 Å². The Morgan fingerprint density at radius 2 is 1.74 bits per heavy atom. The number of hydrogen-bond donors (Lipinski definition) is 2. The molecule has 2 saturated heterocycles. The molecule has 0 aliphatic carbocycles. The van der Waals surface area contributed by atoms with Crippen LogP contribution in [0.4, 0.5) is 10.5 Å². The normalized spacial score (nSPS) is 16.9. The topological polar surface area (TPSA) is 117 Å². The van der Waals surface area contributed by atoms with Crippen molar-refractivity contribution in [3.8, 4) is 5.75 Å². The van der Waals surface area contributed by atoms with Gasteiger partial charge in [-0.05, 0) is 42.8 Å². The van der Waals surface area contributed by atoms with Gasteiger partial charge in [-0.15, -0.1) is 0 Å². The van der Waals surface area contributed by atoms with E-state index in [9.17, 15) is 19.2 Å². The lowest BCUT2D eigenvalue weighted by atomic mass is 10.2. The molecule has 0 bridgehead atoms. The Balaban J connectivity index is 1.31. The molecule has 0 unspecified atom stereocenters. The fourth-order valence-corrected chi connectivity index (χ4v) is 3.57. The Kier molecular flexibility index (Phi) is 7.41. The minimum Gasteiger partial charge on any atom is -0.484 e. The molecule has 0 spiro atoms. The number of imide groups is 1. The van der Waals surface area contributed by atoms with Crippen LogP contribution >= 0.6 is 0 Å². The fraction of sp³-hybridized carbons (Fsp3) is 0.280. The van der Waals surface area contributed by atoms with E-state index in [2.05, 4.69) is 10.6 Å². The van der Waals surface area contributed by atoms with Crippen LogP contribution in [0.2, 0.25) is 0 Å². The van der Waals surface area contributed by atoms with E-state index in [-0.39, 0.29) is 18.2 Å². The first kappa shape index (κ1) is 24.0. The van der Waals surface area contributed by atoms with Crippen LogP contribution in [0.25, 0.3) is 6.08 Å². The second kappa shape index (κ2) is 10.8. The average Bonchev–Trinajstić information content (AvgIpc) is 3.12. The smallest absolute Gasteiger partial charge is 0.329 e. The molecule has 35 heavy (non-hydrogen) atoms. The molecule has 0 radical (unpaired) electrons. The third kappa shape index (κ3) is 6.24. The highest BCUT2D eigenvalue weighted by atomic mass is 16.5. The summed E-state index contributed by atoms with van der Waals surface area (Å²) < 4.78 is 10.8. The first-order valence-corrected chi connectivity index (χ1v) is 11.2. The number of nitrogens with one attached hydrogen (secondary N) is 2. The van der Waals surface area contributed by atoms with Crippen LogP contribution in [0.3, 0.4) is 0 Å². The molecule has 2 aliphatic rings. The Labute approximate surface area is 202 Å². The van der Waals surface area contributed by atoms with Crippen molar-refractivity contribution in [3.05, 3.63) is 65.4 Å². The molecule has 0 saturated carbocycles. The van der Waals surface area contributed by atoms with Gasteiger partial charge in [-0.1, -0.05) is 29.8 Å². The van der Waals surface area contributed by atoms with Crippen LogP contribution in [-0.4, -0.2) is 73.0 Å². The van der Waals surface area contributed by atoms with Crippen molar-refractivity contribution in [1.82, 2.24) is 15.1 Å². The minimum absolute atomic E-state index is 0.0642. The second-order valence-corrected chi connectivity index (χ2v) is 8.14. The maximum atomic E-state index is 12.7. The number of anilines is 1. The summed E-state index contributed by atoms with van der Waals surface area (Å²) in [6.07, 6.45) is 1.51. The van der Waals surface area contributed by atoms with Crippen LogP contribution in [0.1, 0.15) is 11.1 Å². The van der Waals surface area contributed by atoms with Gasteiger partial charge in [0.2, 0.25) is 5.91 Å². The standard InChI is InChI=1S/C25H26N4O6/c1-17-2-6-19(7-3-17)26-22(30)15-29-24(32)21(27-25(29)33)14-18-4-8-20(9-5-18)35-16-23(31)28-10-12-34-13-11-28/h2-9,14H,10-13,15-16H2,1H3,(H,26,30)(H,27,33)/b21-14-. The van der Waals surface area contributed by atoms with Gasteiger partial charge < -0.3 is 25.0 Å². The van der Waals surface area contributed by atoms with E-state index in [4.69, 9.17) is 9.47 Å². The largest absolute Gasteiger partial charge is 0.484 e. The molecule has 2 aromatic rings. The lowest BCUT2D eigenvalue weighted by Gasteiger charge is -2.26. The van der Waals surface area contributed by atoms with Crippen molar-refractivity contribution in [3.63, 3.8) is 0 Å². The summed E-state index contributed by atoms with van der Waals surface area (Å²) in [6, 6.07) is 13.3. The number of urea groups is 1. The van der Waals surface area contributed by atoms with Gasteiger partial charge >= 0.3 is 6.03 Å². The van der Waals surface area contributed by atoms with Crippen LogP contribution in [0.5, 0.6) is 5.75 Å². The van der Waals surface area contributed by atoms with E-state index in [1.807, 2.05) is 19.1 Å². The number of morpholine rings is 1. The summed E-state index contributed by atoms with van der Waals surface area (Å²) >= 11 is 0. The molecular formula is C25H26N4O6. The highest BCUT2D eigenvalue weighted by molar-refractivity contribution is 6.15. The summed E-state index contributed by atoms with van der Waals surface area (Å²) in [4.78, 5) is 52.0. The number of nitrogens with zero attached hydrogens (tertiary/aromatic N) is 2. The van der Waals surface area contributed by atoms with Gasteiger partial charge in [0.25, 0.3) is 11.8 Å². The zero-order chi connectivity index (χ0) is 24.8. The lowest BCUT2D eigenvalue weighted by molar-refractivity contribution is -0.137. The van der Waals surface area contributed by atoms with Gasteiger partial charge in [-0.2, -0.15) is 0 Å². The van der Waals surface area contributed by atoms with Crippen LogP contribution in [0, 0.1) is 6.92 Å². The van der Waals surface area contributed by atoms with Crippen LogP contribution in [0.15, 0.2) is 54.2 Å². The number of amides is 5. The number of rotatable bonds is 7. The maximum Gasteiger partial charge on any atom is 0.329 e. The summed E-state index contributed by atoms with van der Waals surface area (Å²) in [5, 5.41) is 5.17. The zero-order valence-corrected chi connectivity index (χ0v) is 19.3. The number of ether oxygens (including phenoxy) is 2. The van der Waals surface area contributed by atoms with E-state index in [1.54, 1.807) is 41.3 Å². The van der Waals surface area contributed by atoms with Gasteiger partial charge in [0.1, 0.15) is 18.0 Å². The highest BCUT2D eigenvalue weighted by Gasteiger charge is 2.34. The predicted octanol–water partition coefficient (Wildman–Crippen LogP) is 1.76. The molecule has 2 heterocycles. The lowest BCUT2D eigenvalue weighted by Crippen LogP contribution is -2.42. The van der Waals surface area contributed by atoms with E-state index in [0.717, 1.165) is 10.5 Å². The molecule has 10 nitrogen and oxygen atoms in total. The third-order valence-electron chi connectivity index (χ3n) is 5.52. The summed E-state index contributed by atoms with van der Waals surface area (Å²) in [5.41, 5.74) is 2.34. The molecule has 2 aromatic carbocycles. The first-order valence-electron chi connectivity index (χ1n) is 11.2. The van der Waals surface area contributed by atoms with Crippen molar-refractivity contribution in [1.29, 1.82) is 0 Å². The van der Waals surface area contributed by atoms with Crippen LogP contribution in [-0.2, 0) is 19.1 Å². The zero-order valence-electron chi connectivity index (χ0n) is 19.3. The molecular weight excluding hydrogens is 452 g/mol. The summed E-state index contributed by atoms with van der Waals surface area (Å²) in [5.74, 6) is -0.674. The Hall–Kier alpha value is -4.18. The highest BCUT2D eigenvalue weighted by Crippen LogP contribution is 2.18. The van der Waals surface area contributed by atoms with Gasteiger partial charge in [0, 0.05) is 18.8 Å². The van der Waals surface area contributed by atoms with E-state index in [1.165, 1.54) is 6.08 Å². The number of carbonyl (C=O) groups is 4. The summed E-state index contributed by atoms with van der Waals surface area (Å²) in [7, 11) is 0. The molecule has 2 N–H and O–H groups in total. The monoisotopic (exact) mass is 478 g/mol.